The minimum absolute atomic E-state index is 0.119. The number of hydrogen-bond donors (Lipinski definition) is 0. The van der Waals surface area contributed by atoms with Crippen molar-refractivity contribution < 1.29 is 23.4 Å². The predicted octanol–water partition coefficient (Wildman–Crippen LogP) is 4.69. The highest BCUT2D eigenvalue weighted by Crippen LogP contribution is 2.41. The van der Waals surface area contributed by atoms with Gasteiger partial charge in [-0.3, -0.25) is 4.79 Å². The molecule has 1 heterocycles. The highest BCUT2D eigenvalue weighted by molar-refractivity contribution is 7.10. The number of rotatable bonds is 8. The number of halogens is 1. The fourth-order valence-corrected chi connectivity index (χ4v) is 3.72. The van der Waals surface area contributed by atoms with Gasteiger partial charge in [0, 0.05) is 17.0 Å². The molecule has 3 aromatic rings. The number of nitrogens with zero attached hydrogens (tertiary/aromatic N) is 1. The minimum atomic E-state index is -0.349. The number of ether oxygens (including phenoxy) is 3. The normalized spacial score (nSPS) is 10.5. The van der Waals surface area contributed by atoms with Gasteiger partial charge in [-0.15, -0.1) is 11.3 Å². The van der Waals surface area contributed by atoms with Crippen molar-refractivity contribution in [2.24, 2.45) is 0 Å². The maximum absolute atomic E-state index is 13.7. The van der Waals surface area contributed by atoms with Crippen LogP contribution in [0.25, 0.3) is 0 Å². The Kier molecular flexibility index (Phi) is 6.72. The molecule has 1 aromatic heterocycles. The Balaban J connectivity index is 2.02. The third-order valence-electron chi connectivity index (χ3n) is 4.40. The number of anilines is 1. The molecule has 0 saturated carbocycles. The van der Waals surface area contributed by atoms with E-state index >= 15 is 0 Å². The lowest BCUT2D eigenvalue weighted by Crippen LogP contribution is -2.31. The van der Waals surface area contributed by atoms with Crippen LogP contribution in [0.1, 0.15) is 10.4 Å². The van der Waals surface area contributed by atoms with Crippen LogP contribution in [0.15, 0.2) is 53.9 Å². The van der Waals surface area contributed by atoms with Crippen LogP contribution >= 0.6 is 11.3 Å². The van der Waals surface area contributed by atoms with Gasteiger partial charge < -0.3 is 19.1 Å². The van der Waals surface area contributed by atoms with Crippen molar-refractivity contribution in [3.63, 3.8) is 0 Å². The largest absolute Gasteiger partial charge is 0.493 e. The van der Waals surface area contributed by atoms with Crippen molar-refractivity contribution in [3.8, 4) is 17.2 Å². The third kappa shape index (κ3) is 4.86. The van der Waals surface area contributed by atoms with Crippen molar-refractivity contribution in [2.45, 2.75) is 13.0 Å². The van der Waals surface area contributed by atoms with E-state index in [0.29, 0.717) is 28.5 Å². The van der Waals surface area contributed by atoms with E-state index in [1.165, 1.54) is 44.8 Å². The summed E-state index contributed by atoms with van der Waals surface area (Å²) in [7, 11) is 4.56. The zero-order valence-electron chi connectivity index (χ0n) is 16.5. The summed E-state index contributed by atoms with van der Waals surface area (Å²) in [4.78, 5) is 15.7. The van der Waals surface area contributed by atoms with Gasteiger partial charge in [0.25, 0.3) is 0 Å². The first kappa shape index (κ1) is 20.7. The van der Waals surface area contributed by atoms with E-state index in [-0.39, 0.29) is 24.7 Å². The SMILES string of the molecule is COc1cc(N(Cc2cccc(F)c2)C(=O)Cc2cccs2)cc(OC)c1OC. The smallest absolute Gasteiger partial charge is 0.232 e. The highest BCUT2D eigenvalue weighted by Gasteiger charge is 2.22. The summed E-state index contributed by atoms with van der Waals surface area (Å²) in [6, 6.07) is 13.5. The van der Waals surface area contributed by atoms with E-state index in [4.69, 9.17) is 14.2 Å². The van der Waals surface area contributed by atoms with Gasteiger partial charge in [0.15, 0.2) is 11.5 Å². The number of methoxy groups -OCH3 is 3. The predicted molar refractivity (Wildman–Crippen MR) is 112 cm³/mol. The minimum Gasteiger partial charge on any atom is -0.493 e. The Hall–Kier alpha value is -3.06. The van der Waals surface area contributed by atoms with Crippen molar-refractivity contribution in [2.75, 3.05) is 26.2 Å². The van der Waals surface area contributed by atoms with Crippen LogP contribution in [0.5, 0.6) is 17.2 Å². The quantitative estimate of drug-likeness (QED) is 0.536. The Labute approximate surface area is 173 Å². The van der Waals surface area contributed by atoms with Gasteiger partial charge in [0.1, 0.15) is 5.82 Å². The zero-order valence-corrected chi connectivity index (χ0v) is 17.3. The molecule has 1 amide bonds. The van der Waals surface area contributed by atoms with Crippen LogP contribution in [-0.2, 0) is 17.8 Å². The molecule has 152 valence electrons. The van der Waals surface area contributed by atoms with Gasteiger partial charge in [-0.2, -0.15) is 0 Å². The maximum atomic E-state index is 13.7. The van der Waals surface area contributed by atoms with Crippen LogP contribution < -0.4 is 19.1 Å². The Morgan fingerprint density at radius 1 is 1.00 bits per heavy atom. The van der Waals surface area contributed by atoms with Gasteiger partial charge >= 0.3 is 0 Å². The second kappa shape index (κ2) is 9.43. The first-order valence-corrected chi connectivity index (χ1v) is 9.81. The molecule has 7 heteroatoms. The number of benzene rings is 2. The lowest BCUT2D eigenvalue weighted by molar-refractivity contribution is -0.118. The molecule has 0 unspecified atom stereocenters. The van der Waals surface area contributed by atoms with E-state index in [1.807, 2.05) is 17.5 Å². The molecular weight excluding hydrogens is 393 g/mol. The lowest BCUT2D eigenvalue weighted by atomic mass is 10.1. The second-order valence-corrected chi connectivity index (χ2v) is 7.28. The Morgan fingerprint density at radius 3 is 2.28 bits per heavy atom. The van der Waals surface area contributed by atoms with E-state index in [1.54, 1.807) is 29.2 Å². The summed E-state index contributed by atoms with van der Waals surface area (Å²) >= 11 is 1.52. The molecule has 29 heavy (non-hydrogen) atoms. The van der Waals surface area contributed by atoms with Crippen molar-refractivity contribution in [3.05, 3.63) is 70.2 Å². The summed E-state index contributed by atoms with van der Waals surface area (Å²) in [6.07, 6.45) is 0.240. The standard InChI is InChI=1S/C22H22FNO4S/c1-26-19-11-17(12-20(27-2)22(19)28-3)24(14-15-6-4-7-16(23)10-15)21(25)13-18-8-5-9-29-18/h4-12H,13-14H2,1-3H3. The van der Waals surface area contributed by atoms with E-state index in [9.17, 15) is 9.18 Å². The first-order valence-electron chi connectivity index (χ1n) is 8.93. The molecule has 0 spiro atoms. The average molecular weight is 415 g/mol. The third-order valence-corrected chi connectivity index (χ3v) is 5.27. The van der Waals surface area contributed by atoms with Crippen LogP contribution in [-0.4, -0.2) is 27.2 Å². The fraction of sp³-hybridized carbons (Fsp3) is 0.227. The number of hydrogen-bond acceptors (Lipinski definition) is 5. The molecule has 0 saturated heterocycles. The number of carbonyl (C=O) groups excluding carboxylic acids is 1. The van der Waals surface area contributed by atoms with Crippen molar-refractivity contribution in [1.29, 1.82) is 0 Å². The summed E-state index contributed by atoms with van der Waals surface area (Å²) in [5, 5.41) is 1.93. The molecule has 0 N–H and O–H groups in total. The summed E-state index contributed by atoms with van der Waals surface area (Å²) in [6.45, 7) is 0.209. The monoisotopic (exact) mass is 415 g/mol. The van der Waals surface area contributed by atoms with Crippen LogP contribution in [0.3, 0.4) is 0 Å². The first-order chi connectivity index (χ1) is 14.0. The van der Waals surface area contributed by atoms with Gasteiger partial charge in [-0.05, 0) is 29.1 Å². The van der Waals surface area contributed by atoms with Gasteiger partial charge in [0.2, 0.25) is 11.7 Å². The summed E-state index contributed by atoms with van der Waals surface area (Å²) < 4.78 is 29.9. The molecule has 2 aromatic carbocycles. The van der Waals surface area contributed by atoms with E-state index in [0.717, 1.165) is 4.88 Å². The topological polar surface area (TPSA) is 48.0 Å². The van der Waals surface area contributed by atoms with Crippen LogP contribution in [0, 0.1) is 5.82 Å². The number of thiophene rings is 1. The van der Waals surface area contributed by atoms with Gasteiger partial charge in [-0.25, -0.2) is 4.39 Å². The lowest BCUT2D eigenvalue weighted by Gasteiger charge is -2.25. The Morgan fingerprint density at radius 2 is 1.72 bits per heavy atom. The summed E-state index contributed by atoms with van der Waals surface area (Å²) in [5.74, 6) is 0.851. The number of carbonyl (C=O) groups is 1. The second-order valence-electron chi connectivity index (χ2n) is 6.25. The molecular formula is C22H22FNO4S. The van der Waals surface area contributed by atoms with E-state index < -0.39 is 0 Å². The molecule has 5 nitrogen and oxygen atoms in total. The molecule has 0 aliphatic rings. The molecule has 0 atom stereocenters. The van der Waals surface area contributed by atoms with Crippen LogP contribution in [0.4, 0.5) is 10.1 Å². The highest BCUT2D eigenvalue weighted by atomic mass is 32.1. The van der Waals surface area contributed by atoms with Gasteiger partial charge in [-0.1, -0.05) is 18.2 Å². The fourth-order valence-electron chi connectivity index (χ4n) is 3.02. The van der Waals surface area contributed by atoms with Gasteiger partial charge in [0.05, 0.1) is 40.0 Å². The van der Waals surface area contributed by atoms with Crippen molar-refractivity contribution in [1.82, 2.24) is 0 Å². The zero-order chi connectivity index (χ0) is 20.8. The van der Waals surface area contributed by atoms with E-state index in [2.05, 4.69) is 0 Å². The molecule has 0 aliphatic carbocycles. The molecule has 0 radical (unpaired) electrons. The molecule has 0 fully saturated rings. The molecule has 0 aliphatic heterocycles. The molecule has 0 bridgehead atoms. The van der Waals surface area contributed by atoms with Crippen LogP contribution in [0.2, 0.25) is 0 Å². The average Bonchev–Trinajstić information content (AvgIpc) is 3.23. The maximum Gasteiger partial charge on any atom is 0.232 e. The summed E-state index contributed by atoms with van der Waals surface area (Å²) in [5.41, 5.74) is 1.25. The Bertz CT molecular complexity index is 950. The van der Waals surface area contributed by atoms with Crippen molar-refractivity contribution >= 4 is 22.9 Å². The number of amides is 1. The molecule has 3 rings (SSSR count).